The van der Waals surface area contributed by atoms with E-state index in [-0.39, 0.29) is 23.6 Å². The second-order valence-corrected chi connectivity index (χ2v) is 8.07. The van der Waals surface area contributed by atoms with E-state index < -0.39 is 11.6 Å². The van der Waals surface area contributed by atoms with Crippen LogP contribution in [0.2, 0.25) is 0 Å². The Balaban J connectivity index is 1.56. The van der Waals surface area contributed by atoms with E-state index in [2.05, 4.69) is 25.7 Å². The highest BCUT2D eigenvalue weighted by Crippen LogP contribution is 2.43. The molecule has 0 spiro atoms. The molecule has 4 heterocycles. The van der Waals surface area contributed by atoms with Crippen molar-refractivity contribution in [2.45, 2.75) is 50.6 Å². The van der Waals surface area contributed by atoms with Crippen molar-refractivity contribution >= 4 is 11.5 Å². The predicted molar refractivity (Wildman–Crippen MR) is 109 cm³/mol. The van der Waals surface area contributed by atoms with Crippen molar-refractivity contribution in [3.63, 3.8) is 0 Å². The average molecular weight is 414 g/mol. The Morgan fingerprint density at radius 1 is 1.20 bits per heavy atom. The highest BCUT2D eigenvalue weighted by molar-refractivity contribution is 5.63. The van der Waals surface area contributed by atoms with Gasteiger partial charge in [0.1, 0.15) is 22.8 Å². The minimum Gasteiger partial charge on any atom is -0.495 e. The van der Waals surface area contributed by atoms with Crippen molar-refractivity contribution in [1.82, 2.24) is 24.9 Å². The molecule has 1 saturated heterocycles. The van der Waals surface area contributed by atoms with E-state index in [4.69, 9.17) is 4.74 Å². The minimum atomic E-state index is -0.750. The molecule has 0 unspecified atom stereocenters. The second-order valence-electron chi connectivity index (χ2n) is 8.07. The van der Waals surface area contributed by atoms with Crippen molar-refractivity contribution in [2.75, 3.05) is 19.0 Å². The van der Waals surface area contributed by atoms with Crippen LogP contribution in [0.1, 0.15) is 44.2 Å². The number of fused-ring (bicyclic) bond motifs is 1. The van der Waals surface area contributed by atoms with Crippen LogP contribution in [-0.4, -0.2) is 45.3 Å². The summed E-state index contributed by atoms with van der Waals surface area (Å²) < 4.78 is 36.3. The standard InChI is InChI=1S/C21H24F2N6O/c1-11-15(4-3-7-24-11)26-21-14(23)8-13(22)20(27-21)16-10-25-18-9-17(30-2)19(12-5-6-12)28-29(16)18/h8-12,15,24H,3-7H2,1-2H3,(H,26,27)/t11-,15-/m1/s1. The molecule has 2 atom stereocenters. The third-order valence-corrected chi connectivity index (χ3v) is 5.92. The molecule has 1 aliphatic carbocycles. The third-order valence-electron chi connectivity index (χ3n) is 5.92. The number of anilines is 1. The quantitative estimate of drug-likeness (QED) is 0.666. The molecule has 0 radical (unpaired) electrons. The number of aromatic nitrogens is 4. The molecule has 2 fully saturated rings. The summed E-state index contributed by atoms with van der Waals surface area (Å²) in [6.07, 6.45) is 5.48. The van der Waals surface area contributed by atoms with Crippen molar-refractivity contribution in [3.05, 3.63) is 35.7 Å². The third kappa shape index (κ3) is 3.36. The number of piperidine rings is 1. The Kier molecular flexibility index (Phi) is 4.77. The smallest absolute Gasteiger partial charge is 0.168 e. The molecule has 1 saturated carbocycles. The van der Waals surface area contributed by atoms with Crippen LogP contribution in [0.25, 0.3) is 17.0 Å². The molecule has 0 amide bonds. The first-order valence-corrected chi connectivity index (χ1v) is 10.3. The molecule has 7 nitrogen and oxygen atoms in total. The molecule has 9 heteroatoms. The molecular weight excluding hydrogens is 390 g/mol. The normalized spacial score (nSPS) is 21.7. The van der Waals surface area contributed by atoms with E-state index >= 15 is 0 Å². The first-order valence-electron chi connectivity index (χ1n) is 10.3. The summed E-state index contributed by atoms with van der Waals surface area (Å²) >= 11 is 0. The summed E-state index contributed by atoms with van der Waals surface area (Å²) in [4.78, 5) is 8.64. The van der Waals surface area contributed by atoms with Gasteiger partial charge in [0.25, 0.3) is 0 Å². The van der Waals surface area contributed by atoms with Crippen LogP contribution in [-0.2, 0) is 0 Å². The molecule has 3 aromatic heterocycles. The summed E-state index contributed by atoms with van der Waals surface area (Å²) in [6.45, 7) is 2.98. The van der Waals surface area contributed by atoms with Crippen molar-refractivity contribution in [3.8, 4) is 17.1 Å². The van der Waals surface area contributed by atoms with Gasteiger partial charge >= 0.3 is 0 Å². The zero-order valence-electron chi connectivity index (χ0n) is 17.0. The summed E-state index contributed by atoms with van der Waals surface area (Å²) in [5.41, 5.74) is 1.75. The molecule has 1 aliphatic heterocycles. The number of halogens is 2. The summed E-state index contributed by atoms with van der Waals surface area (Å²) in [6, 6.07) is 2.85. The maximum absolute atomic E-state index is 14.8. The van der Waals surface area contributed by atoms with Crippen LogP contribution in [0.15, 0.2) is 18.3 Å². The highest BCUT2D eigenvalue weighted by atomic mass is 19.1. The van der Waals surface area contributed by atoms with Crippen molar-refractivity contribution in [1.29, 1.82) is 0 Å². The summed E-state index contributed by atoms with van der Waals surface area (Å²) in [5, 5.41) is 11.2. The Labute approximate surface area is 172 Å². The van der Waals surface area contributed by atoms with Gasteiger partial charge in [-0.05, 0) is 39.2 Å². The van der Waals surface area contributed by atoms with Crippen LogP contribution in [0.5, 0.6) is 5.75 Å². The zero-order valence-corrected chi connectivity index (χ0v) is 17.0. The van der Waals surface area contributed by atoms with E-state index in [0.717, 1.165) is 44.0 Å². The Hall–Kier alpha value is -2.81. The SMILES string of the molecule is COc1cc2ncc(-c3nc(N[C@@H]4CCCN[C@@H]4C)c(F)cc3F)n2nc1C1CC1. The Bertz CT molecular complexity index is 1100. The number of ether oxygens (including phenoxy) is 1. The molecular formula is C21H24F2N6O. The molecule has 0 bridgehead atoms. The monoisotopic (exact) mass is 414 g/mol. The molecule has 0 aromatic carbocycles. The maximum atomic E-state index is 14.8. The molecule has 158 valence electrons. The van der Waals surface area contributed by atoms with Crippen LogP contribution in [0.4, 0.5) is 14.6 Å². The molecule has 3 aromatic rings. The summed E-state index contributed by atoms with van der Waals surface area (Å²) in [7, 11) is 1.60. The zero-order chi connectivity index (χ0) is 20.8. The van der Waals surface area contributed by atoms with Gasteiger partial charge in [0, 0.05) is 30.1 Å². The fourth-order valence-corrected chi connectivity index (χ4v) is 4.04. The van der Waals surface area contributed by atoms with Gasteiger partial charge in [-0.15, -0.1) is 0 Å². The first kappa shape index (κ1) is 19.2. The van der Waals surface area contributed by atoms with Crippen LogP contribution in [0, 0.1) is 11.6 Å². The number of nitrogens with one attached hydrogen (secondary N) is 2. The number of hydrogen-bond acceptors (Lipinski definition) is 6. The fraction of sp³-hybridized carbons (Fsp3) is 0.476. The van der Waals surface area contributed by atoms with Gasteiger partial charge in [0.05, 0.1) is 13.3 Å². The minimum absolute atomic E-state index is 0.0160. The van der Waals surface area contributed by atoms with Gasteiger partial charge in [-0.1, -0.05) is 0 Å². The van der Waals surface area contributed by atoms with Crippen LogP contribution < -0.4 is 15.4 Å². The van der Waals surface area contributed by atoms with Crippen molar-refractivity contribution < 1.29 is 13.5 Å². The van der Waals surface area contributed by atoms with E-state index in [9.17, 15) is 8.78 Å². The van der Waals surface area contributed by atoms with E-state index in [0.29, 0.717) is 23.0 Å². The van der Waals surface area contributed by atoms with Gasteiger partial charge in [0.15, 0.2) is 23.1 Å². The number of methoxy groups -OCH3 is 1. The topological polar surface area (TPSA) is 76.4 Å². The van der Waals surface area contributed by atoms with Crippen LogP contribution >= 0.6 is 0 Å². The van der Waals surface area contributed by atoms with Gasteiger partial charge in [-0.25, -0.2) is 23.3 Å². The molecule has 2 aliphatic rings. The van der Waals surface area contributed by atoms with E-state index in [1.807, 2.05) is 6.92 Å². The molecule has 2 N–H and O–H groups in total. The van der Waals surface area contributed by atoms with Gasteiger partial charge in [-0.3, -0.25) is 0 Å². The van der Waals surface area contributed by atoms with Gasteiger partial charge < -0.3 is 15.4 Å². The lowest BCUT2D eigenvalue weighted by molar-refractivity contribution is 0.387. The highest BCUT2D eigenvalue weighted by Gasteiger charge is 2.30. The number of pyridine rings is 1. The lowest BCUT2D eigenvalue weighted by Crippen LogP contribution is -2.46. The predicted octanol–water partition coefficient (Wildman–Crippen LogP) is 3.51. The lowest BCUT2D eigenvalue weighted by atomic mass is 10.00. The van der Waals surface area contributed by atoms with E-state index in [1.165, 1.54) is 6.20 Å². The Morgan fingerprint density at radius 2 is 2.03 bits per heavy atom. The van der Waals surface area contributed by atoms with Gasteiger partial charge in [-0.2, -0.15) is 5.10 Å². The Morgan fingerprint density at radius 3 is 2.77 bits per heavy atom. The fourth-order valence-electron chi connectivity index (χ4n) is 4.04. The van der Waals surface area contributed by atoms with Crippen molar-refractivity contribution in [2.24, 2.45) is 0 Å². The lowest BCUT2D eigenvalue weighted by Gasteiger charge is -2.31. The number of nitrogens with zero attached hydrogens (tertiary/aromatic N) is 4. The largest absolute Gasteiger partial charge is 0.495 e. The maximum Gasteiger partial charge on any atom is 0.168 e. The number of rotatable bonds is 5. The number of imidazole rings is 1. The van der Waals surface area contributed by atoms with Gasteiger partial charge in [0.2, 0.25) is 0 Å². The number of hydrogen-bond donors (Lipinski definition) is 2. The first-order chi connectivity index (χ1) is 14.5. The average Bonchev–Trinajstić information content (AvgIpc) is 3.51. The summed E-state index contributed by atoms with van der Waals surface area (Å²) in [5.74, 6) is -0.409. The van der Waals surface area contributed by atoms with Crippen LogP contribution in [0.3, 0.4) is 0 Å². The molecule has 5 rings (SSSR count). The molecule has 30 heavy (non-hydrogen) atoms. The van der Waals surface area contributed by atoms with E-state index in [1.54, 1.807) is 17.7 Å². The second kappa shape index (κ2) is 7.46.